The summed E-state index contributed by atoms with van der Waals surface area (Å²) in [6.07, 6.45) is 4.98. The molecule has 7 heteroatoms. The Morgan fingerprint density at radius 2 is 2.14 bits per heavy atom. The number of hydrogen-bond donors (Lipinski definition) is 2. The minimum Gasteiger partial charge on any atom is -0.369 e. The summed E-state index contributed by atoms with van der Waals surface area (Å²) >= 11 is 5.73. The number of benzene rings is 1. The summed E-state index contributed by atoms with van der Waals surface area (Å²) in [7, 11) is 0. The highest BCUT2D eigenvalue weighted by Crippen LogP contribution is 2.21. The van der Waals surface area contributed by atoms with Gasteiger partial charge in [-0.25, -0.2) is 4.39 Å². The van der Waals surface area contributed by atoms with Crippen molar-refractivity contribution in [3.8, 4) is 0 Å². The first-order valence-corrected chi connectivity index (χ1v) is 7.22. The zero-order valence-corrected chi connectivity index (χ0v) is 12.5. The summed E-state index contributed by atoms with van der Waals surface area (Å²) in [5.41, 5.74) is 0.603. The highest BCUT2D eigenvalue weighted by Gasteiger charge is 2.04. The molecule has 0 fully saturated rings. The van der Waals surface area contributed by atoms with E-state index in [9.17, 15) is 4.39 Å². The molecule has 0 aliphatic heterocycles. The molecule has 0 aliphatic carbocycles. The van der Waals surface area contributed by atoms with Crippen LogP contribution in [0.1, 0.15) is 26.2 Å². The number of unbranched alkanes of at least 4 members (excludes halogenated alkanes) is 2. The molecule has 0 spiro atoms. The van der Waals surface area contributed by atoms with Gasteiger partial charge in [-0.3, -0.25) is 0 Å². The Bertz CT molecular complexity index is 593. The van der Waals surface area contributed by atoms with E-state index < -0.39 is 5.82 Å². The van der Waals surface area contributed by atoms with Crippen LogP contribution >= 0.6 is 11.6 Å². The van der Waals surface area contributed by atoms with Crippen molar-refractivity contribution in [2.24, 2.45) is 0 Å². The lowest BCUT2D eigenvalue weighted by atomic mass is 10.2. The molecule has 0 radical (unpaired) electrons. The number of nitrogens with zero attached hydrogens (tertiary/aromatic N) is 3. The van der Waals surface area contributed by atoms with Gasteiger partial charge in [0, 0.05) is 12.2 Å². The number of halogens is 2. The van der Waals surface area contributed by atoms with Crippen LogP contribution < -0.4 is 10.6 Å². The summed E-state index contributed by atoms with van der Waals surface area (Å²) in [6, 6.07) is 4.32. The quantitative estimate of drug-likeness (QED) is 0.757. The molecule has 0 bridgehead atoms. The lowest BCUT2D eigenvalue weighted by Crippen LogP contribution is -2.06. The minimum atomic E-state index is -0.465. The summed E-state index contributed by atoms with van der Waals surface area (Å²) < 4.78 is 13.1. The first-order valence-electron chi connectivity index (χ1n) is 6.84. The van der Waals surface area contributed by atoms with Crippen molar-refractivity contribution in [2.75, 3.05) is 17.2 Å². The average Bonchev–Trinajstić information content (AvgIpc) is 2.48. The predicted molar refractivity (Wildman–Crippen MR) is 82.5 cm³/mol. The molecule has 0 aliphatic rings. The fourth-order valence-corrected chi connectivity index (χ4v) is 1.92. The van der Waals surface area contributed by atoms with Crippen LogP contribution in [0.15, 0.2) is 24.4 Å². The SMILES string of the molecule is CCCCCNc1cnnc(Nc2ccc(F)c(Cl)c2)n1. The van der Waals surface area contributed by atoms with E-state index in [1.54, 1.807) is 12.3 Å². The van der Waals surface area contributed by atoms with E-state index in [2.05, 4.69) is 32.7 Å². The van der Waals surface area contributed by atoms with Gasteiger partial charge in [-0.1, -0.05) is 31.4 Å². The average molecular weight is 310 g/mol. The molecule has 112 valence electrons. The van der Waals surface area contributed by atoms with E-state index in [0.717, 1.165) is 13.0 Å². The Morgan fingerprint density at radius 1 is 1.29 bits per heavy atom. The smallest absolute Gasteiger partial charge is 0.249 e. The zero-order valence-electron chi connectivity index (χ0n) is 11.7. The summed E-state index contributed by atoms with van der Waals surface area (Å²) in [5, 5.41) is 13.9. The van der Waals surface area contributed by atoms with E-state index in [1.165, 1.54) is 25.0 Å². The van der Waals surface area contributed by atoms with Crippen molar-refractivity contribution in [1.29, 1.82) is 0 Å². The van der Waals surface area contributed by atoms with Crippen molar-refractivity contribution in [2.45, 2.75) is 26.2 Å². The molecule has 0 amide bonds. The van der Waals surface area contributed by atoms with Crippen LogP contribution in [0.5, 0.6) is 0 Å². The summed E-state index contributed by atoms with van der Waals surface area (Å²) in [5.74, 6) is 0.516. The molecule has 2 N–H and O–H groups in total. The molecular weight excluding hydrogens is 293 g/mol. The van der Waals surface area contributed by atoms with Gasteiger partial charge in [0.15, 0.2) is 5.82 Å². The van der Waals surface area contributed by atoms with E-state index in [0.29, 0.717) is 17.5 Å². The number of anilines is 3. The highest BCUT2D eigenvalue weighted by molar-refractivity contribution is 6.31. The third-order valence-electron chi connectivity index (χ3n) is 2.82. The van der Waals surface area contributed by atoms with Crippen molar-refractivity contribution in [1.82, 2.24) is 15.2 Å². The molecular formula is C14H17ClFN5. The summed E-state index contributed by atoms with van der Waals surface area (Å²) in [6.45, 7) is 3.00. The van der Waals surface area contributed by atoms with E-state index in [-0.39, 0.29) is 5.02 Å². The lowest BCUT2D eigenvalue weighted by molar-refractivity contribution is 0.628. The van der Waals surface area contributed by atoms with Crippen LogP contribution in [0.25, 0.3) is 0 Å². The maximum atomic E-state index is 13.1. The molecule has 0 atom stereocenters. The van der Waals surface area contributed by atoms with E-state index in [1.807, 2.05) is 0 Å². The largest absolute Gasteiger partial charge is 0.369 e. The Balaban J connectivity index is 1.98. The topological polar surface area (TPSA) is 62.7 Å². The molecule has 0 saturated carbocycles. The monoisotopic (exact) mass is 309 g/mol. The molecule has 1 heterocycles. The van der Waals surface area contributed by atoms with Crippen LogP contribution in [0.2, 0.25) is 5.02 Å². The maximum Gasteiger partial charge on any atom is 0.249 e. The maximum absolute atomic E-state index is 13.1. The minimum absolute atomic E-state index is 0.0433. The summed E-state index contributed by atoms with van der Waals surface area (Å²) in [4.78, 5) is 4.29. The number of hydrogen-bond acceptors (Lipinski definition) is 5. The van der Waals surface area contributed by atoms with Crippen LogP contribution in [0.4, 0.5) is 21.8 Å². The standard InChI is InChI=1S/C14H17ClFN5/c1-2-3-4-7-17-13-9-18-21-14(20-13)19-10-5-6-12(16)11(15)8-10/h5-6,8-9H,2-4,7H2,1H3,(H2,17,19,20,21). The Morgan fingerprint density at radius 3 is 2.90 bits per heavy atom. The molecule has 2 aromatic rings. The number of rotatable bonds is 7. The van der Waals surface area contributed by atoms with Crippen molar-refractivity contribution in [3.05, 3.63) is 35.2 Å². The third-order valence-corrected chi connectivity index (χ3v) is 3.11. The van der Waals surface area contributed by atoms with Crippen LogP contribution in [-0.4, -0.2) is 21.7 Å². The first-order chi connectivity index (χ1) is 10.2. The van der Waals surface area contributed by atoms with E-state index in [4.69, 9.17) is 11.6 Å². The normalized spacial score (nSPS) is 10.4. The van der Waals surface area contributed by atoms with Crippen LogP contribution in [0.3, 0.4) is 0 Å². The second kappa shape index (κ2) is 7.73. The van der Waals surface area contributed by atoms with Gasteiger partial charge in [-0.2, -0.15) is 10.1 Å². The Labute approximate surface area is 128 Å². The molecule has 0 unspecified atom stereocenters. The van der Waals surface area contributed by atoms with Gasteiger partial charge in [0.1, 0.15) is 5.82 Å². The van der Waals surface area contributed by atoms with Gasteiger partial charge in [0.25, 0.3) is 0 Å². The molecule has 2 rings (SSSR count). The van der Waals surface area contributed by atoms with Gasteiger partial charge >= 0.3 is 0 Å². The highest BCUT2D eigenvalue weighted by atomic mass is 35.5. The molecule has 21 heavy (non-hydrogen) atoms. The predicted octanol–water partition coefficient (Wildman–Crippen LogP) is 4.01. The van der Waals surface area contributed by atoms with Gasteiger partial charge < -0.3 is 10.6 Å². The Kier molecular flexibility index (Phi) is 5.68. The third kappa shape index (κ3) is 4.82. The van der Waals surface area contributed by atoms with Gasteiger partial charge in [-0.05, 0) is 24.6 Å². The first kappa shape index (κ1) is 15.4. The van der Waals surface area contributed by atoms with Gasteiger partial charge in [-0.15, -0.1) is 5.10 Å². The van der Waals surface area contributed by atoms with Crippen LogP contribution in [-0.2, 0) is 0 Å². The lowest BCUT2D eigenvalue weighted by Gasteiger charge is -2.07. The number of nitrogens with one attached hydrogen (secondary N) is 2. The van der Waals surface area contributed by atoms with Gasteiger partial charge in [0.2, 0.25) is 5.95 Å². The Hall–Kier alpha value is -1.95. The number of aromatic nitrogens is 3. The fraction of sp³-hybridized carbons (Fsp3) is 0.357. The molecule has 1 aromatic carbocycles. The van der Waals surface area contributed by atoms with Crippen molar-refractivity contribution in [3.63, 3.8) is 0 Å². The zero-order chi connectivity index (χ0) is 15.1. The van der Waals surface area contributed by atoms with Crippen molar-refractivity contribution < 1.29 is 4.39 Å². The molecule has 0 saturated heterocycles. The molecule has 1 aromatic heterocycles. The molecule has 5 nitrogen and oxygen atoms in total. The second-order valence-electron chi connectivity index (χ2n) is 4.55. The second-order valence-corrected chi connectivity index (χ2v) is 4.96. The van der Waals surface area contributed by atoms with Crippen molar-refractivity contribution >= 4 is 29.1 Å². The van der Waals surface area contributed by atoms with E-state index >= 15 is 0 Å². The fourth-order valence-electron chi connectivity index (χ4n) is 1.74. The van der Waals surface area contributed by atoms with Crippen LogP contribution in [0, 0.1) is 5.82 Å². The van der Waals surface area contributed by atoms with Gasteiger partial charge in [0.05, 0.1) is 11.2 Å².